The molecule has 28 heavy (non-hydrogen) atoms. The van der Waals surface area contributed by atoms with Gasteiger partial charge in [0.05, 0.1) is 17.5 Å². The third kappa shape index (κ3) is 5.69. The number of benzene rings is 2. The molecular formula is C24H31N3O. The summed E-state index contributed by atoms with van der Waals surface area (Å²) < 4.78 is 2.34. The summed E-state index contributed by atoms with van der Waals surface area (Å²) in [4.78, 5) is 17.0. The van der Waals surface area contributed by atoms with Gasteiger partial charge in [-0.2, -0.15) is 0 Å². The number of hydrogen-bond acceptors (Lipinski definition) is 2. The number of fused-ring (bicyclic) bond motifs is 1. The van der Waals surface area contributed by atoms with E-state index in [1.54, 1.807) is 0 Å². The van der Waals surface area contributed by atoms with Gasteiger partial charge in [-0.3, -0.25) is 4.79 Å². The number of carbonyl (C=O) groups excluding carboxylic acids is 1. The molecule has 0 fully saturated rings. The first-order chi connectivity index (χ1) is 13.8. The third-order valence-corrected chi connectivity index (χ3v) is 5.10. The zero-order valence-corrected chi connectivity index (χ0v) is 16.9. The zero-order valence-electron chi connectivity index (χ0n) is 16.9. The molecule has 0 saturated carbocycles. The van der Waals surface area contributed by atoms with E-state index in [9.17, 15) is 4.79 Å². The molecule has 0 spiro atoms. The first-order valence-corrected chi connectivity index (χ1v) is 10.5. The second-order valence-electron chi connectivity index (χ2n) is 7.34. The molecule has 0 atom stereocenters. The average molecular weight is 378 g/mol. The molecule has 0 unspecified atom stereocenters. The molecule has 0 aliphatic heterocycles. The van der Waals surface area contributed by atoms with E-state index < -0.39 is 0 Å². The number of imidazole rings is 1. The number of rotatable bonds is 11. The van der Waals surface area contributed by atoms with Gasteiger partial charge in [0.1, 0.15) is 5.82 Å². The minimum atomic E-state index is 0.0634. The molecule has 0 radical (unpaired) electrons. The van der Waals surface area contributed by atoms with Crippen LogP contribution < -0.4 is 5.32 Å². The number of nitrogens with one attached hydrogen (secondary N) is 1. The van der Waals surface area contributed by atoms with Gasteiger partial charge in [-0.1, -0.05) is 75.1 Å². The van der Waals surface area contributed by atoms with Crippen LogP contribution in [0.25, 0.3) is 11.0 Å². The predicted molar refractivity (Wildman–Crippen MR) is 115 cm³/mol. The van der Waals surface area contributed by atoms with E-state index in [0.717, 1.165) is 29.9 Å². The molecule has 1 heterocycles. The van der Waals surface area contributed by atoms with Crippen LogP contribution in [0.5, 0.6) is 0 Å². The highest BCUT2D eigenvalue weighted by atomic mass is 16.1. The number of nitrogens with zero attached hydrogens (tertiary/aromatic N) is 2. The topological polar surface area (TPSA) is 46.9 Å². The first kappa shape index (κ1) is 20.1. The van der Waals surface area contributed by atoms with E-state index >= 15 is 0 Å². The van der Waals surface area contributed by atoms with Gasteiger partial charge in [0, 0.05) is 19.5 Å². The number of aryl methyl sites for hydroxylation is 1. The number of hydrogen-bond donors (Lipinski definition) is 1. The number of aromatic nitrogens is 2. The number of para-hydroxylation sites is 2. The van der Waals surface area contributed by atoms with Crippen LogP contribution in [0.15, 0.2) is 54.6 Å². The van der Waals surface area contributed by atoms with Gasteiger partial charge in [0.25, 0.3) is 0 Å². The molecule has 4 heteroatoms. The van der Waals surface area contributed by atoms with Crippen molar-refractivity contribution in [3.8, 4) is 0 Å². The SMILES string of the molecule is CCCCCCCn1c(CCNC(=O)Cc2ccccc2)nc2ccccc21. The summed E-state index contributed by atoms with van der Waals surface area (Å²) in [5, 5.41) is 3.04. The fraction of sp³-hybridized carbons (Fsp3) is 0.417. The van der Waals surface area contributed by atoms with Gasteiger partial charge in [-0.05, 0) is 24.1 Å². The van der Waals surface area contributed by atoms with E-state index in [4.69, 9.17) is 4.98 Å². The minimum absolute atomic E-state index is 0.0634. The maximum atomic E-state index is 12.2. The lowest BCUT2D eigenvalue weighted by Crippen LogP contribution is -2.28. The van der Waals surface area contributed by atoms with Crippen molar-refractivity contribution in [3.05, 3.63) is 66.0 Å². The summed E-state index contributed by atoms with van der Waals surface area (Å²) >= 11 is 0. The van der Waals surface area contributed by atoms with Crippen LogP contribution in [0.3, 0.4) is 0 Å². The molecule has 0 bridgehead atoms. The highest BCUT2D eigenvalue weighted by molar-refractivity contribution is 5.78. The maximum Gasteiger partial charge on any atom is 0.224 e. The number of unbranched alkanes of at least 4 members (excludes halogenated alkanes) is 4. The van der Waals surface area contributed by atoms with Crippen LogP contribution in [0.4, 0.5) is 0 Å². The van der Waals surface area contributed by atoms with Crippen LogP contribution in [0.1, 0.15) is 50.4 Å². The van der Waals surface area contributed by atoms with E-state index in [1.807, 2.05) is 36.4 Å². The fourth-order valence-electron chi connectivity index (χ4n) is 3.60. The van der Waals surface area contributed by atoms with Crippen LogP contribution in [-0.2, 0) is 24.2 Å². The van der Waals surface area contributed by atoms with Gasteiger partial charge in [-0.25, -0.2) is 4.98 Å². The van der Waals surface area contributed by atoms with E-state index in [2.05, 4.69) is 35.0 Å². The molecule has 4 nitrogen and oxygen atoms in total. The number of amides is 1. The van der Waals surface area contributed by atoms with E-state index in [1.165, 1.54) is 37.6 Å². The Hall–Kier alpha value is -2.62. The van der Waals surface area contributed by atoms with Crippen LogP contribution in [0, 0.1) is 0 Å². The van der Waals surface area contributed by atoms with Crippen molar-refractivity contribution in [1.29, 1.82) is 0 Å². The Morgan fingerprint density at radius 1 is 0.964 bits per heavy atom. The van der Waals surface area contributed by atoms with Crippen molar-refractivity contribution in [2.75, 3.05) is 6.54 Å². The van der Waals surface area contributed by atoms with Gasteiger partial charge in [-0.15, -0.1) is 0 Å². The molecule has 0 aliphatic rings. The van der Waals surface area contributed by atoms with Gasteiger partial charge in [0.2, 0.25) is 5.91 Å². The molecule has 3 aromatic rings. The quantitative estimate of drug-likeness (QED) is 0.483. The molecule has 2 aromatic carbocycles. The molecule has 148 valence electrons. The summed E-state index contributed by atoms with van der Waals surface area (Å²) in [6.07, 6.45) is 7.49. The highest BCUT2D eigenvalue weighted by Crippen LogP contribution is 2.18. The zero-order chi connectivity index (χ0) is 19.6. The Balaban J connectivity index is 1.57. The lowest BCUT2D eigenvalue weighted by Gasteiger charge is -2.10. The Labute approximate surface area is 168 Å². The van der Waals surface area contributed by atoms with Crippen LogP contribution >= 0.6 is 0 Å². The predicted octanol–water partition coefficient (Wildman–Crippen LogP) is 4.91. The van der Waals surface area contributed by atoms with Gasteiger partial charge in [0.15, 0.2) is 0 Å². The molecular weight excluding hydrogens is 346 g/mol. The highest BCUT2D eigenvalue weighted by Gasteiger charge is 2.11. The third-order valence-electron chi connectivity index (χ3n) is 5.10. The first-order valence-electron chi connectivity index (χ1n) is 10.5. The van der Waals surface area contributed by atoms with Crippen LogP contribution in [0.2, 0.25) is 0 Å². The second-order valence-corrected chi connectivity index (χ2v) is 7.34. The smallest absolute Gasteiger partial charge is 0.224 e. The monoisotopic (exact) mass is 377 g/mol. The lowest BCUT2D eigenvalue weighted by molar-refractivity contribution is -0.120. The van der Waals surface area contributed by atoms with Gasteiger partial charge < -0.3 is 9.88 Å². The molecule has 1 amide bonds. The summed E-state index contributed by atoms with van der Waals surface area (Å²) in [6.45, 7) is 3.86. The summed E-state index contributed by atoms with van der Waals surface area (Å²) in [5.74, 6) is 1.13. The Bertz CT molecular complexity index is 870. The van der Waals surface area contributed by atoms with Crippen molar-refractivity contribution in [1.82, 2.24) is 14.9 Å². The molecule has 1 aromatic heterocycles. The Morgan fingerprint density at radius 2 is 1.71 bits per heavy atom. The lowest BCUT2D eigenvalue weighted by atomic mass is 10.1. The van der Waals surface area contributed by atoms with E-state index in [0.29, 0.717) is 13.0 Å². The summed E-state index contributed by atoms with van der Waals surface area (Å²) in [6, 6.07) is 18.2. The largest absolute Gasteiger partial charge is 0.355 e. The Kier molecular flexibility index (Phi) is 7.65. The number of carbonyl (C=O) groups is 1. The second kappa shape index (κ2) is 10.6. The molecule has 3 rings (SSSR count). The van der Waals surface area contributed by atoms with Crippen molar-refractivity contribution >= 4 is 16.9 Å². The molecule has 0 aliphatic carbocycles. The molecule has 0 saturated heterocycles. The van der Waals surface area contributed by atoms with Crippen molar-refractivity contribution < 1.29 is 4.79 Å². The summed E-state index contributed by atoms with van der Waals surface area (Å²) in [7, 11) is 0. The van der Waals surface area contributed by atoms with Gasteiger partial charge >= 0.3 is 0 Å². The normalized spacial score (nSPS) is 11.0. The maximum absolute atomic E-state index is 12.2. The van der Waals surface area contributed by atoms with Crippen molar-refractivity contribution in [2.45, 2.75) is 58.4 Å². The Morgan fingerprint density at radius 3 is 2.54 bits per heavy atom. The van der Waals surface area contributed by atoms with E-state index in [-0.39, 0.29) is 5.91 Å². The minimum Gasteiger partial charge on any atom is -0.355 e. The average Bonchev–Trinajstić information content (AvgIpc) is 3.06. The molecule has 1 N–H and O–H groups in total. The fourth-order valence-corrected chi connectivity index (χ4v) is 3.60. The van der Waals surface area contributed by atoms with Crippen molar-refractivity contribution in [3.63, 3.8) is 0 Å². The standard InChI is InChI=1S/C24H31N3O/c1-2-3-4-5-11-18-27-22-15-10-9-14-21(22)26-23(27)16-17-25-24(28)19-20-12-7-6-8-13-20/h6-10,12-15H,2-5,11,16-19H2,1H3,(H,25,28). The summed E-state index contributed by atoms with van der Waals surface area (Å²) in [5.41, 5.74) is 3.28. The van der Waals surface area contributed by atoms with Crippen LogP contribution in [-0.4, -0.2) is 22.0 Å². The van der Waals surface area contributed by atoms with Crippen molar-refractivity contribution in [2.24, 2.45) is 0 Å².